The molecule has 6 nitrogen and oxygen atoms in total. The highest BCUT2D eigenvalue weighted by Crippen LogP contribution is 2.11. The van der Waals surface area contributed by atoms with Gasteiger partial charge in [-0.25, -0.2) is 0 Å². The van der Waals surface area contributed by atoms with E-state index in [1.807, 2.05) is 31.2 Å². The summed E-state index contributed by atoms with van der Waals surface area (Å²) in [6.07, 6.45) is 0. The topological polar surface area (TPSA) is 87.0 Å². The van der Waals surface area contributed by atoms with Crippen molar-refractivity contribution in [1.82, 2.24) is 15.3 Å². The normalized spacial score (nSPS) is 10.6. The second-order valence-electron chi connectivity index (χ2n) is 5.59. The van der Waals surface area contributed by atoms with Crippen LogP contribution in [0.15, 0.2) is 47.3 Å². The second-order valence-corrected chi connectivity index (χ2v) is 5.99. The molecule has 0 aliphatic carbocycles. The molecule has 1 amide bonds. The van der Waals surface area contributed by atoms with Crippen molar-refractivity contribution in [2.75, 3.05) is 13.2 Å². The Balaban J connectivity index is 1.61. The molecule has 0 unspecified atom stereocenters. The quantitative estimate of drug-likeness (QED) is 0.485. The number of hydrogen-bond acceptors (Lipinski definition) is 4. The van der Waals surface area contributed by atoms with E-state index in [0.717, 1.165) is 11.3 Å². The van der Waals surface area contributed by atoms with E-state index in [2.05, 4.69) is 15.3 Å². The number of aromatic amines is 2. The molecule has 25 heavy (non-hydrogen) atoms. The maximum atomic E-state index is 12.2. The standard InChI is InChI=1S/C18H17N3O3S/c1-11-2-5-13(6-3-11)24-9-8-19-16(22)12-4-7-14-15(10-12)20-18(25)21-17(14)23/h2-7,10H,8-9H2,1H3,(H,19,22)(H2,20,21,23,25). The Morgan fingerprint density at radius 1 is 1.16 bits per heavy atom. The molecule has 7 heteroatoms. The van der Waals surface area contributed by atoms with Crippen LogP contribution in [0.25, 0.3) is 10.9 Å². The summed E-state index contributed by atoms with van der Waals surface area (Å²) in [5.74, 6) is 0.520. The third-order valence-electron chi connectivity index (χ3n) is 3.68. The second kappa shape index (κ2) is 7.31. The SMILES string of the molecule is Cc1ccc(OCCNC(=O)c2ccc3c(=O)[nH]c(=S)[nH]c3c2)cc1. The van der Waals surface area contributed by atoms with Crippen molar-refractivity contribution in [3.8, 4) is 5.75 Å². The predicted octanol–water partition coefficient (Wildman–Crippen LogP) is 2.70. The Morgan fingerprint density at radius 3 is 2.68 bits per heavy atom. The first kappa shape index (κ1) is 16.9. The van der Waals surface area contributed by atoms with Crippen molar-refractivity contribution in [3.63, 3.8) is 0 Å². The Hall–Kier alpha value is -2.93. The maximum absolute atomic E-state index is 12.2. The highest BCUT2D eigenvalue weighted by atomic mass is 32.1. The van der Waals surface area contributed by atoms with Gasteiger partial charge in [0.15, 0.2) is 4.77 Å². The van der Waals surface area contributed by atoms with Crippen LogP contribution in [0.2, 0.25) is 0 Å². The summed E-state index contributed by atoms with van der Waals surface area (Å²) in [6, 6.07) is 12.5. The van der Waals surface area contributed by atoms with E-state index in [1.54, 1.807) is 18.2 Å². The summed E-state index contributed by atoms with van der Waals surface area (Å²) >= 11 is 4.95. The van der Waals surface area contributed by atoms with E-state index in [-0.39, 0.29) is 16.2 Å². The summed E-state index contributed by atoms with van der Waals surface area (Å²) < 4.78 is 5.79. The summed E-state index contributed by atoms with van der Waals surface area (Å²) in [4.78, 5) is 29.4. The minimum atomic E-state index is -0.280. The number of nitrogens with one attached hydrogen (secondary N) is 3. The number of aromatic nitrogens is 2. The van der Waals surface area contributed by atoms with Crippen LogP contribution in [0.1, 0.15) is 15.9 Å². The van der Waals surface area contributed by atoms with Gasteiger partial charge in [-0.05, 0) is 49.5 Å². The molecule has 3 N–H and O–H groups in total. The molecule has 1 heterocycles. The molecule has 0 saturated carbocycles. The van der Waals surface area contributed by atoms with Gasteiger partial charge in [0, 0.05) is 5.56 Å². The van der Waals surface area contributed by atoms with Crippen LogP contribution in [-0.2, 0) is 0 Å². The Morgan fingerprint density at radius 2 is 1.92 bits per heavy atom. The number of carbonyl (C=O) groups excluding carboxylic acids is 1. The molecule has 0 aliphatic rings. The molecular formula is C18H17N3O3S. The lowest BCUT2D eigenvalue weighted by Gasteiger charge is -2.08. The number of H-pyrrole nitrogens is 2. The molecule has 0 bridgehead atoms. The molecule has 1 aromatic heterocycles. The lowest BCUT2D eigenvalue weighted by Crippen LogP contribution is -2.28. The minimum absolute atomic E-state index is 0.224. The molecule has 2 aromatic carbocycles. The van der Waals surface area contributed by atoms with Gasteiger partial charge in [-0.1, -0.05) is 17.7 Å². The first-order chi connectivity index (χ1) is 12.0. The van der Waals surface area contributed by atoms with Gasteiger partial charge in [-0.15, -0.1) is 0 Å². The molecule has 0 spiro atoms. The van der Waals surface area contributed by atoms with Crippen LogP contribution >= 0.6 is 12.2 Å². The summed E-state index contributed by atoms with van der Waals surface area (Å²) in [7, 11) is 0. The van der Waals surface area contributed by atoms with E-state index >= 15 is 0 Å². The van der Waals surface area contributed by atoms with Crippen LogP contribution in [0.4, 0.5) is 0 Å². The lowest BCUT2D eigenvalue weighted by molar-refractivity contribution is 0.0947. The number of rotatable bonds is 5. The monoisotopic (exact) mass is 355 g/mol. The number of carbonyl (C=O) groups is 1. The Kier molecular flexibility index (Phi) is 4.95. The largest absolute Gasteiger partial charge is 0.492 e. The predicted molar refractivity (Wildman–Crippen MR) is 98.8 cm³/mol. The summed E-state index contributed by atoms with van der Waals surface area (Å²) in [5, 5.41) is 3.24. The van der Waals surface area contributed by atoms with Gasteiger partial charge in [0.05, 0.1) is 17.4 Å². The van der Waals surface area contributed by atoms with Gasteiger partial charge in [0.25, 0.3) is 11.5 Å². The summed E-state index contributed by atoms with van der Waals surface area (Å²) in [5.41, 5.74) is 1.85. The van der Waals surface area contributed by atoms with Crippen molar-refractivity contribution < 1.29 is 9.53 Å². The lowest BCUT2D eigenvalue weighted by atomic mass is 10.1. The smallest absolute Gasteiger partial charge is 0.259 e. The molecule has 0 fully saturated rings. The van der Waals surface area contributed by atoms with Crippen LogP contribution < -0.4 is 15.6 Å². The molecule has 0 saturated heterocycles. The van der Waals surface area contributed by atoms with Crippen molar-refractivity contribution in [2.24, 2.45) is 0 Å². The van der Waals surface area contributed by atoms with Gasteiger partial charge < -0.3 is 15.0 Å². The number of amides is 1. The molecule has 0 aliphatic heterocycles. The average molecular weight is 355 g/mol. The first-order valence-corrected chi connectivity index (χ1v) is 8.18. The van der Waals surface area contributed by atoms with E-state index < -0.39 is 0 Å². The highest BCUT2D eigenvalue weighted by molar-refractivity contribution is 7.71. The van der Waals surface area contributed by atoms with Crippen LogP contribution in [0, 0.1) is 11.7 Å². The van der Waals surface area contributed by atoms with Crippen LogP contribution in [-0.4, -0.2) is 29.0 Å². The van der Waals surface area contributed by atoms with E-state index in [1.165, 1.54) is 0 Å². The van der Waals surface area contributed by atoms with E-state index in [9.17, 15) is 9.59 Å². The molecule has 0 radical (unpaired) electrons. The fourth-order valence-corrected chi connectivity index (χ4v) is 2.58. The van der Waals surface area contributed by atoms with Crippen molar-refractivity contribution in [3.05, 3.63) is 68.7 Å². The maximum Gasteiger partial charge on any atom is 0.259 e. The van der Waals surface area contributed by atoms with Crippen LogP contribution in [0.5, 0.6) is 5.75 Å². The molecule has 128 valence electrons. The zero-order valence-electron chi connectivity index (χ0n) is 13.6. The van der Waals surface area contributed by atoms with E-state index in [4.69, 9.17) is 17.0 Å². The van der Waals surface area contributed by atoms with Gasteiger partial charge in [0.1, 0.15) is 12.4 Å². The zero-order chi connectivity index (χ0) is 17.8. The Bertz CT molecular complexity index is 1020. The molecule has 0 atom stereocenters. The van der Waals surface area contributed by atoms with E-state index in [0.29, 0.717) is 29.6 Å². The van der Waals surface area contributed by atoms with Gasteiger partial charge in [-0.3, -0.25) is 14.6 Å². The number of fused-ring (bicyclic) bond motifs is 1. The number of benzene rings is 2. The third kappa shape index (κ3) is 4.13. The fraction of sp³-hybridized carbons (Fsp3) is 0.167. The summed E-state index contributed by atoms with van der Waals surface area (Å²) in [6.45, 7) is 2.74. The van der Waals surface area contributed by atoms with Gasteiger partial charge in [0.2, 0.25) is 0 Å². The highest BCUT2D eigenvalue weighted by Gasteiger charge is 2.08. The van der Waals surface area contributed by atoms with Crippen molar-refractivity contribution in [2.45, 2.75) is 6.92 Å². The van der Waals surface area contributed by atoms with Crippen molar-refractivity contribution in [1.29, 1.82) is 0 Å². The van der Waals surface area contributed by atoms with Crippen molar-refractivity contribution >= 4 is 29.0 Å². The van der Waals surface area contributed by atoms with Crippen LogP contribution in [0.3, 0.4) is 0 Å². The Labute approximate surface area is 148 Å². The number of aryl methyl sites for hydroxylation is 1. The fourth-order valence-electron chi connectivity index (χ4n) is 2.38. The third-order valence-corrected chi connectivity index (χ3v) is 3.88. The molecule has 3 aromatic rings. The number of ether oxygens (including phenoxy) is 1. The average Bonchev–Trinajstić information content (AvgIpc) is 2.59. The minimum Gasteiger partial charge on any atom is -0.492 e. The molecular weight excluding hydrogens is 338 g/mol. The number of hydrogen-bond donors (Lipinski definition) is 3. The first-order valence-electron chi connectivity index (χ1n) is 7.77. The zero-order valence-corrected chi connectivity index (χ0v) is 14.4. The molecule has 3 rings (SSSR count). The van der Waals surface area contributed by atoms with Gasteiger partial charge >= 0.3 is 0 Å². The van der Waals surface area contributed by atoms with Gasteiger partial charge in [-0.2, -0.15) is 0 Å².